The summed E-state index contributed by atoms with van der Waals surface area (Å²) < 4.78 is 1.84. The van der Waals surface area contributed by atoms with Gasteiger partial charge in [0.1, 0.15) is 0 Å². The van der Waals surface area contributed by atoms with Crippen molar-refractivity contribution in [1.82, 2.24) is 4.57 Å². The van der Waals surface area contributed by atoms with Gasteiger partial charge in [0.2, 0.25) is 0 Å². The van der Waals surface area contributed by atoms with Crippen LogP contribution >= 0.6 is 11.6 Å². The molecular formula is C15H18ClNO. The van der Waals surface area contributed by atoms with E-state index in [0.29, 0.717) is 11.5 Å². The largest absolute Gasteiger partial charge is 0.308 e. The molecule has 18 heavy (non-hydrogen) atoms. The smallest absolute Gasteiger partial charge is 0.255 e. The van der Waals surface area contributed by atoms with Gasteiger partial charge in [-0.15, -0.1) is 11.6 Å². The normalized spacial score (nSPS) is 11.4. The van der Waals surface area contributed by atoms with Crippen LogP contribution in [0.2, 0.25) is 0 Å². The maximum Gasteiger partial charge on any atom is 0.255 e. The van der Waals surface area contributed by atoms with Gasteiger partial charge in [0.25, 0.3) is 5.56 Å². The number of rotatable bonds is 3. The van der Waals surface area contributed by atoms with Crippen LogP contribution in [0.25, 0.3) is 10.9 Å². The fourth-order valence-electron chi connectivity index (χ4n) is 2.21. The lowest BCUT2D eigenvalue weighted by Gasteiger charge is -2.14. The van der Waals surface area contributed by atoms with Crippen LogP contribution in [0.5, 0.6) is 0 Å². The molecule has 0 amide bonds. The van der Waals surface area contributed by atoms with Crippen molar-refractivity contribution in [1.29, 1.82) is 0 Å². The Hall–Kier alpha value is -1.28. The Morgan fingerprint density at radius 2 is 2.00 bits per heavy atom. The van der Waals surface area contributed by atoms with Crippen molar-refractivity contribution in [3.8, 4) is 0 Å². The molecule has 1 heterocycles. The molecule has 3 heteroatoms. The summed E-state index contributed by atoms with van der Waals surface area (Å²) in [5, 5.41) is 1.09. The number of pyridine rings is 1. The standard InChI is InChI=1S/C15H18ClNO/c1-10(2)9-17-14-5-4-11(3)6-12(14)7-13(8-16)15(17)18/h4-7,10H,8-9H2,1-3H3. The monoisotopic (exact) mass is 263 g/mol. The van der Waals surface area contributed by atoms with E-state index >= 15 is 0 Å². The van der Waals surface area contributed by atoms with Gasteiger partial charge in [-0.3, -0.25) is 4.79 Å². The van der Waals surface area contributed by atoms with E-state index in [4.69, 9.17) is 11.6 Å². The quantitative estimate of drug-likeness (QED) is 0.774. The Kier molecular flexibility index (Phi) is 3.76. The average molecular weight is 264 g/mol. The lowest BCUT2D eigenvalue weighted by Crippen LogP contribution is -2.25. The molecule has 2 rings (SSSR count). The number of nitrogens with zero attached hydrogens (tertiary/aromatic N) is 1. The zero-order chi connectivity index (χ0) is 13.3. The molecule has 1 aromatic heterocycles. The number of fused-ring (bicyclic) bond motifs is 1. The predicted molar refractivity (Wildman–Crippen MR) is 77.3 cm³/mol. The molecule has 0 unspecified atom stereocenters. The van der Waals surface area contributed by atoms with Crippen LogP contribution in [0, 0.1) is 12.8 Å². The highest BCUT2D eigenvalue weighted by atomic mass is 35.5. The highest BCUT2D eigenvalue weighted by Gasteiger charge is 2.09. The van der Waals surface area contributed by atoms with Crippen molar-refractivity contribution in [2.24, 2.45) is 5.92 Å². The summed E-state index contributed by atoms with van der Waals surface area (Å²) in [6.07, 6.45) is 0. The number of aromatic nitrogens is 1. The first kappa shape index (κ1) is 13.2. The molecule has 0 fully saturated rings. The van der Waals surface area contributed by atoms with E-state index in [1.54, 1.807) is 0 Å². The molecule has 0 radical (unpaired) electrons. The lowest BCUT2D eigenvalue weighted by atomic mass is 10.1. The van der Waals surface area contributed by atoms with Crippen LogP contribution in [0.3, 0.4) is 0 Å². The van der Waals surface area contributed by atoms with Crippen molar-refractivity contribution >= 4 is 22.5 Å². The van der Waals surface area contributed by atoms with Crippen LogP contribution < -0.4 is 5.56 Å². The second kappa shape index (κ2) is 5.15. The minimum atomic E-state index is 0.0371. The number of halogens is 1. The molecule has 1 aromatic carbocycles. The summed E-state index contributed by atoms with van der Waals surface area (Å²) in [6.45, 7) is 7.00. The molecule has 0 aliphatic carbocycles. The summed E-state index contributed by atoms with van der Waals surface area (Å²) in [7, 11) is 0. The summed E-state index contributed by atoms with van der Waals surface area (Å²) in [5.74, 6) is 0.693. The maximum atomic E-state index is 12.3. The number of aryl methyl sites for hydroxylation is 1. The number of benzene rings is 1. The van der Waals surface area contributed by atoms with Crippen LogP contribution in [0.4, 0.5) is 0 Å². The Balaban J connectivity index is 2.78. The molecule has 0 atom stereocenters. The summed E-state index contributed by atoms with van der Waals surface area (Å²) in [4.78, 5) is 12.3. The molecule has 0 saturated carbocycles. The Labute approximate surface area is 112 Å². The summed E-state index contributed by atoms with van der Waals surface area (Å²) in [5.41, 5.74) is 2.90. The first-order valence-electron chi connectivity index (χ1n) is 6.22. The highest BCUT2D eigenvalue weighted by Crippen LogP contribution is 2.17. The van der Waals surface area contributed by atoms with E-state index in [1.165, 1.54) is 5.56 Å². The molecule has 96 valence electrons. The first-order chi connectivity index (χ1) is 8.52. The summed E-state index contributed by atoms with van der Waals surface area (Å²) >= 11 is 5.87. The molecule has 0 saturated heterocycles. The van der Waals surface area contributed by atoms with Crippen LogP contribution in [-0.2, 0) is 12.4 Å². The maximum absolute atomic E-state index is 12.3. The molecule has 2 aromatic rings. The van der Waals surface area contributed by atoms with Crippen LogP contribution in [0.1, 0.15) is 25.0 Å². The Bertz CT molecular complexity index is 628. The van der Waals surface area contributed by atoms with Crippen LogP contribution in [0.15, 0.2) is 29.1 Å². The third-order valence-corrected chi connectivity index (χ3v) is 3.30. The third-order valence-electron chi connectivity index (χ3n) is 3.02. The van der Waals surface area contributed by atoms with Gasteiger partial charge < -0.3 is 4.57 Å². The molecule has 2 nitrogen and oxygen atoms in total. The van der Waals surface area contributed by atoms with Gasteiger partial charge in [0, 0.05) is 12.1 Å². The SMILES string of the molecule is Cc1ccc2c(c1)cc(CCl)c(=O)n2CC(C)C. The average Bonchev–Trinajstić information content (AvgIpc) is 2.31. The van der Waals surface area contributed by atoms with E-state index in [-0.39, 0.29) is 11.4 Å². The van der Waals surface area contributed by atoms with Gasteiger partial charge >= 0.3 is 0 Å². The van der Waals surface area contributed by atoms with Gasteiger partial charge in [-0.25, -0.2) is 0 Å². The van der Waals surface area contributed by atoms with Gasteiger partial charge in [-0.2, -0.15) is 0 Å². The van der Waals surface area contributed by atoms with Crippen molar-refractivity contribution in [3.63, 3.8) is 0 Å². The van der Waals surface area contributed by atoms with E-state index < -0.39 is 0 Å². The zero-order valence-corrected chi connectivity index (χ0v) is 11.8. The predicted octanol–water partition coefficient (Wildman–Crippen LogP) is 3.70. The van der Waals surface area contributed by atoms with E-state index in [9.17, 15) is 4.79 Å². The van der Waals surface area contributed by atoms with Crippen molar-refractivity contribution in [3.05, 3.63) is 45.7 Å². The second-order valence-electron chi connectivity index (χ2n) is 5.18. The van der Waals surface area contributed by atoms with Gasteiger partial charge in [-0.1, -0.05) is 25.5 Å². The van der Waals surface area contributed by atoms with Gasteiger partial charge in [0.15, 0.2) is 0 Å². The minimum absolute atomic E-state index is 0.0371. The molecule has 0 spiro atoms. The van der Waals surface area contributed by atoms with E-state index in [1.807, 2.05) is 22.8 Å². The fraction of sp³-hybridized carbons (Fsp3) is 0.400. The second-order valence-corrected chi connectivity index (χ2v) is 5.44. The molecule has 0 aliphatic rings. The number of hydrogen-bond acceptors (Lipinski definition) is 1. The molecule has 0 aliphatic heterocycles. The van der Waals surface area contributed by atoms with Gasteiger partial charge in [0.05, 0.1) is 11.4 Å². The minimum Gasteiger partial charge on any atom is -0.308 e. The third kappa shape index (κ3) is 2.44. The van der Waals surface area contributed by atoms with E-state index in [0.717, 1.165) is 17.4 Å². The molecular weight excluding hydrogens is 246 g/mol. The zero-order valence-electron chi connectivity index (χ0n) is 11.0. The van der Waals surface area contributed by atoms with Crippen molar-refractivity contribution in [2.75, 3.05) is 0 Å². The van der Waals surface area contributed by atoms with E-state index in [2.05, 4.69) is 26.8 Å². The fourth-order valence-corrected chi connectivity index (χ4v) is 2.40. The van der Waals surface area contributed by atoms with Crippen LogP contribution in [-0.4, -0.2) is 4.57 Å². The summed E-state index contributed by atoms with van der Waals surface area (Å²) in [6, 6.07) is 8.07. The van der Waals surface area contributed by atoms with Crippen molar-refractivity contribution in [2.45, 2.75) is 33.2 Å². The number of alkyl halides is 1. The highest BCUT2D eigenvalue weighted by molar-refractivity contribution is 6.17. The number of hydrogen-bond donors (Lipinski definition) is 0. The molecule has 0 bridgehead atoms. The first-order valence-corrected chi connectivity index (χ1v) is 6.75. The molecule has 0 N–H and O–H groups in total. The Morgan fingerprint density at radius 3 is 2.61 bits per heavy atom. The topological polar surface area (TPSA) is 22.0 Å². The lowest BCUT2D eigenvalue weighted by molar-refractivity contribution is 0.522. The Morgan fingerprint density at radius 1 is 1.28 bits per heavy atom. The van der Waals surface area contributed by atoms with Crippen molar-refractivity contribution < 1.29 is 0 Å². The van der Waals surface area contributed by atoms with Gasteiger partial charge in [-0.05, 0) is 36.4 Å².